The van der Waals surface area contributed by atoms with Gasteiger partial charge in [-0.2, -0.15) is 0 Å². The van der Waals surface area contributed by atoms with E-state index in [2.05, 4.69) is 9.97 Å². The molecule has 0 bridgehead atoms. The summed E-state index contributed by atoms with van der Waals surface area (Å²) >= 11 is 0. The molecule has 0 spiro atoms. The van der Waals surface area contributed by atoms with Gasteiger partial charge in [0.05, 0.1) is 18.4 Å². The molecule has 0 saturated heterocycles. The van der Waals surface area contributed by atoms with Crippen molar-refractivity contribution in [2.75, 3.05) is 0 Å². The van der Waals surface area contributed by atoms with Crippen LogP contribution in [0.15, 0.2) is 29.6 Å². The number of hydrogen-bond donors (Lipinski definition) is 3. The quantitative estimate of drug-likeness (QED) is 0.757. The fourth-order valence-corrected chi connectivity index (χ4v) is 2.63. The zero-order valence-electron chi connectivity index (χ0n) is 10.3. The van der Waals surface area contributed by atoms with Crippen LogP contribution in [-0.4, -0.2) is 29.5 Å². The summed E-state index contributed by atoms with van der Waals surface area (Å²) in [6, 6.07) is 0.960. The van der Waals surface area contributed by atoms with Crippen molar-refractivity contribution < 1.29 is 27.1 Å². The Kier molecular flexibility index (Phi) is 4.00. The summed E-state index contributed by atoms with van der Waals surface area (Å²) in [7, 11) is -4.42. The van der Waals surface area contributed by atoms with Crippen LogP contribution < -0.4 is 4.72 Å². The lowest BCUT2D eigenvalue weighted by Crippen LogP contribution is -2.25. The Morgan fingerprint density at radius 3 is 2.67 bits per heavy atom. The van der Waals surface area contributed by atoms with Gasteiger partial charge in [-0.15, -0.1) is 0 Å². The van der Waals surface area contributed by atoms with Gasteiger partial charge in [0.25, 0.3) is 0 Å². The van der Waals surface area contributed by atoms with Crippen molar-refractivity contribution in [3.63, 3.8) is 0 Å². The van der Waals surface area contributed by atoms with Gasteiger partial charge < -0.3 is 10.1 Å². The highest BCUT2D eigenvalue weighted by molar-refractivity contribution is 7.89. The Balaban J connectivity index is 2.37. The van der Waals surface area contributed by atoms with Crippen molar-refractivity contribution in [2.45, 2.75) is 11.4 Å². The van der Waals surface area contributed by atoms with E-state index in [1.165, 1.54) is 12.5 Å². The molecule has 0 radical (unpaired) electrons. The number of carboxylic acid groups (broad SMARTS) is 1. The van der Waals surface area contributed by atoms with Crippen LogP contribution in [0.4, 0.5) is 8.78 Å². The first-order valence-corrected chi connectivity index (χ1v) is 6.99. The summed E-state index contributed by atoms with van der Waals surface area (Å²) in [4.78, 5) is 16.0. The molecule has 0 aliphatic rings. The van der Waals surface area contributed by atoms with E-state index in [0.29, 0.717) is 17.8 Å². The lowest BCUT2D eigenvalue weighted by molar-refractivity contribution is 0.0696. The zero-order chi connectivity index (χ0) is 15.6. The molecule has 2 rings (SSSR count). The van der Waals surface area contributed by atoms with Gasteiger partial charge in [-0.05, 0) is 12.1 Å². The van der Waals surface area contributed by atoms with E-state index in [1.54, 1.807) is 0 Å². The van der Waals surface area contributed by atoms with Crippen molar-refractivity contribution in [1.29, 1.82) is 0 Å². The first-order valence-electron chi connectivity index (χ1n) is 5.50. The molecule has 1 aromatic heterocycles. The van der Waals surface area contributed by atoms with Crippen LogP contribution in [0.5, 0.6) is 0 Å². The summed E-state index contributed by atoms with van der Waals surface area (Å²) in [6.07, 6.45) is 2.65. The second-order valence-electron chi connectivity index (χ2n) is 3.98. The van der Waals surface area contributed by atoms with E-state index in [9.17, 15) is 22.0 Å². The number of aromatic carboxylic acids is 1. The molecular formula is C11H9F2N3O4S. The summed E-state index contributed by atoms with van der Waals surface area (Å²) in [5, 5.41) is 8.75. The van der Waals surface area contributed by atoms with Crippen molar-refractivity contribution in [1.82, 2.24) is 14.7 Å². The highest BCUT2D eigenvalue weighted by atomic mass is 32.2. The van der Waals surface area contributed by atoms with E-state index < -0.39 is 38.1 Å². The van der Waals surface area contributed by atoms with E-state index in [0.717, 1.165) is 0 Å². The molecule has 0 unspecified atom stereocenters. The van der Waals surface area contributed by atoms with Crippen molar-refractivity contribution >= 4 is 16.0 Å². The number of benzene rings is 1. The highest BCUT2D eigenvalue weighted by Crippen LogP contribution is 2.20. The van der Waals surface area contributed by atoms with Crippen LogP contribution in [0, 0.1) is 11.6 Å². The maximum absolute atomic E-state index is 13.6. The lowest BCUT2D eigenvalue weighted by Gasteiger charge is -2.08. The second-order valence-corrected chi connectivity index (χ2v) is 5.71. The predicted octanol–water partition coefficient (Wildman–Crippen LogP) is 0.865. The standard InChI is InChI=1S/C11H9F2N3O4S/c12-8-1-6(11(17)18)2-9(10(8)13)21(19,20)16-4-7-3-14-5-15-7/h1-3,5,16H,4H2,(H,14,15)(H,17,18). The van der Waals surface area contributed by atoms with Crippen molar-refractivity contribution in [3.05, 3.63) is 47.5 Å². The molecule has 3 N–H and O–H groups in total. The minimum Gasteiger partial charge on any atom is -0.478 e. The topological polar surface area (TPSA) is 112 Å². The monoisotopic (exact) mass is 317 g/mol. The Hall–Kier alpha value is -2.33. The number of H-pyrrole nitrogens is 1. The molecule has 1 aromatic carbocycles. The summed E-state index contributed by atoms with van der Waals surface area (Å²) < 4.78 is 52.8. The summed E-state index contributed by atoms with van der Waals surface area (Å²) in [6.45, 7) is -0.235. The number of imidazole rings is 1. The normalized spacial score (nSPS) is 11.5. The first kappa shape index (κ1) is 15.1. The molecule has 0 fully saturated rings. The molecule has 21 heavy (non-hydrogen) atoms. The van der Waals surface area contributed by atoms with Gasteiger partial charge in [0, 0.05) is 11.9 Å². The lowest BCUT2D eigenvalue weighted by atomic mass is 10.2. The number of aromatic amines is 1. The Bertz CT molecular complexity index is 775. The second kappa shape index (κ2) is 5.58. The van der Waals surface area contributed by atoms with Gasteiger partial charge in [0.15, 0.2) is 11.6 Å². The largest absolute Gasteiger partial charge is 0.478 e. The molecule has 10 heteroatoms. The number of carboxylic acids is 1. The van der Waals surface area contributed by atoms with Gasteiger partial charge in [0.1, 0.15) is 4.90 Å². The van der Waals surface area contributed by atoms with Crippen LogP contribution in [0.1, 0.15) is 16.1 Å². The zero-order valence-corrected chi connectivity index (χ0v) is 11.1. The molecule has 0 aliphatic heterocycles. The van der Waals surface area contributed by atoms with E-state index in [-0.39, 0.29) is 6.54 Å². The smallest absolute Gasteiger partial charge is 0.335 e. The molecular weight excluding hydrogens is 308 g/mol. The maximum atomic E-state index is 13.6. The molecule has 2 aromatic rings. The minimum absolute atomic E-state index is 0.235. The number of halogens is 2. The summed E-state index contributed by atoms with van der Waals surface area (Å²) in [5.74, 6) is -4.77. The third-order valence-corrected chi connectivity index (χ3v) is 3.94. The van der Waals surface area contributed by atoms with Crippen LogP contribution in [0.2, 0.25) is 0 Å². The third-order valence-electron chi connectivity index (χ3n) is 2.54. The first-order chi connectivity index (χ1) is 9.81. The number of aromatic nitrogens is 2. The molecule has 1 heterocycles. The van der Waals surface area contributed by atoms with Gasteiger partial charge in [-0.3, -0.25) is 0 Å². The van der Waals surface area contributed by atoms with E-state index in [1.807, 2.05) is 4.72 Å². The molecule has 7 nitrogen and oxygen atoms in total. The molecule has 112 valence electrons. The SMILES string of the molecule is O=C(O)c1cc(F)c(F)c(S(=O)(=O)NCc2cnc[nH]2)c1. The molecule has 0 atom stereocenters. The van der Waals surface area contributed by atoms with Crippen LogP contribution in [-0.2, 0) is 16.6 Å². The van der Waals surface area contributed by atoms with E-state index >= 15 is 0 Å². The van der Waals surface area contributed by atoms with Gasteiger partial charge >= 0.3 is 5.97 Å². The number of sulfonamides is 1. The minimum atomic E-state index is -4.42. The number of hydrogen-bond acceptors (Lipinski definition) is 4. The average molecular weight is 317 g/mol. The molecule has 0 aliphatic carbocycles. The Labute approximate surface area is 117 Å². The average Bonchev–Trinajstić information content (AvgIpc) is 2.92. The fourth-order valence-electron chi connectivity index (χ4n) is 1.51. The maximum Gasteiger partial charge on any atom is 0.335 e. The van der Waals surface area contributed by atoms with Gasteiger partial charge in [0.2, 0.25) is 10.0 Å². The Morgan fingerprint density at radius 1 is 1.38 bits per heavy atom. The fraction of sp³-hybridized carbons (Fsp3) is 0.0909. The Morgan fingerprint density at radius 2 is 2.10 bits per heavy atom. The third kappa shape index (κ3) is 3.23. The van der Waals surface area contributed by atoms with Crippen molar-refractivity contribution in [3.8, 4) is 0 Å². The van der Waals surface area contributed by atoms with Gasteiger partial charge in [-0.25, -0.2) is 31.7 Å². The van der Waals surface area contributed by atoms with Crippen molar-refractivity contribution in [2.24, 2.45) is 0 Å². The van der Waals surface area contributed by atoms with Crippen LogP contribution in [0.3, 0.4) is 0 Å². The van der Waals surface area contributed by atoms with Crippen LogP contribution in [0.25, 0.3) is 0 Å². The number of nitrogens with zero attached hydrogens (tertiary/aromatic N) is 1. The van der Waals surface area contributed by atoms with Gasteiger partial charge in [-0.1, -0.05) is 0 Å². The predicted molar refractivity (Wildman–Crippen MR) is 65.9 cm³/mol. The number of nitrogens with one attached hydrogen (secondary N) is 2. The number of carbonyl (C=O) groups is 1. The summed E-state index contributed by atoms with van der Waals surface area (Å²) in [5.41, 5.74) is -0.273. The molecule has 0 amide bonds. The number of rotatable bonds is 5. The van der Waals surface area contributed by atoms with E-state index in [4.69, 9.17) is 5.11 Å². The molecule has 0 saturated carbocycles. The highest BCUT2D eigenvalue weighted by Gasteiger charge is 2.24. The van der Waals surface area contributed by atoms with Crippen LogP contribution >= 0.6 is 0 Å².